The van der Waals surface area contributed by atoms with E-state index in [1.165, 1.54) is 6.08 Å². The number of hydrogen-bond donors (Lipinski definition) is 0. The minimum Gasteiger partial charge on any atom is -0.454 e. The van der Waals surface area contributed by atoms with E-state index in [1.54, 1.807) is 6.08 Å². The lowest BCUT2D eigenvalue weighted by molar-refractivity contribution is -0.136. The summed E-state index contributed by atoms with van der Waals surface area (Å²) < 4.78 is 7.13. The fourth-order valence-electron chi connectivity index (χ4n) is 2.77. The Morgan fingerprint density at radius 3 is 2.54 bits per heavy atom. The molecule has 0 N–H and O–H groups in total. The molecule has 1 heterocycles. The van der Waals surface area contributed by atoms with Gasteiger partial charge >= 0.3 is 5.97 Å². The van der Waals surface area contributed by atoms with Crippen molar-refractivity contribution in [1.29, 1.82) is 0 Å². The van der Waals surface area contributed by atoms with Crippen molar-refractivity contribution in [2.24, 2.45) is 0 Å². The third-order valence-electron chi connectivity index (χ3n) is 3.99. The van der Waals surface area contributed by atoms with E-state index in [2.05, 4.69) is 4.57 Å². The molecule has 0 bridgehead atoms. The number of carbonyl (C=O) groups excluding carboxylic acids is 2. The SMILES string of the molecule is CCn1c(C)cc(C(=O)COC(=O)/C=C/c2cccc(C)c2)c1C. The molecule has 0 atom stereocenters. The van der Waals surface area contributed by atoms with Gasteiger partial charge in [-0.15, -0.1) is 0 Å². The Balaban J connectivity index is 1.95. The average Bonchev–Trinajstić information content (AvgIpc) is 2.84. The number of Topliss-reactive ketones (excluding diaryl/α,β-unsaturated/α-hetero) is 1. The molecule has 0 aliphatic heterocycles. The molecular formula is C20H23NO3. The molecule has 24 heavy (non-hydrogen) atoms. The van der Waals surface area contributed by atoms with Crippen LogP contribution in [-0.2, 0) is 16.1 Å². The highest BCUT2D eigenvalue weighted by Crippen LogP contribution is 2.15. The molecule has 0 fully saturated rings. The maximum Gasteiger partial charge on any atom is 0.331 e. The van der Waals surface area contributed by atoms with Crippen molar-refractivity contribution in [2.75, 3.05) is 6.61 Å². The Morgan fingerprint density at radius 2 is 1.92 bits per heavy atom. The lowest BCUT2D eigenvalue weighted by Crippen LogP contribution is -2.13. The normalized spacial score (nSPS) is 11.0. The predicted molar refractivity (Wildman–Crippen MR) is 95.1 cm³/mol. The Bertz CT molecular complexity index is 784. The number of aryl methyl sites for hydroxylation is 2. The van der Waals surface area contributed by atoms with Crippen LogP contribution in [0.4, 0.5) is 0 Å². The summed E-state index contributed by atoms with van der Waals surface area (Å²) >= 11 is 0. The molecule has 2 rings (SSSR count). The van der Waals surface area contributed by atoms with Crippen molar-refractivity contribution < 1.29 is 14.3 Å². The van der Waals surface area contributed by atoms with Crippen LogP contribution in [0.15, 0.2) is 36.4 Å². The Kier molecular flexibility index (Phi) is 5.74. The fraction of sp³-hybridized carbons (Fsp3) is 0.300. The lowest BCUT2D eigenvalue weighted by atomic mass is 10.1. The van der Waals surface area contributed by atoms with E-state index in [4.69, 9.17) is 4.74 Å². The summed E-state index contributed by atoms with van der Waals surface area (Å²) in [6, 6.07) is 9.63. The van der Waals surface area contributed by atoms with Crippen LogP contribution in [-0.4, -0.2) is 22.9 Å². The second-order valence-electron chi connectivity index (χ2n) is 5.81. The van der Waals surface area contributed by atoms with Gasteiger partial charge in [-0.1, -0.05) is 29.8 Å². The number of carbonyl (C=O) groups is 2. The molecule has 0 saturated carbocycles. The minimum absolute atomic E-state index is 0.180. The number of rotatable bonds is 6. The zero-order chi connectivity index (χ0) is 17.7. The predicted octanol–water partition coefficient (Wildman–Crippen LogP) is 3.87. The number of aromatic nitrogens is 1. The smallest absolute Gasteiger partial charge is 0.331 e. The van der Waals surface area contributed by atoms with Gasteiger partial charge in [0.2, 0.25) is 5.78 Å². The molecule has 0 saturated heterocycles. The van der Waals surface area contributed by atoms with Gasteiger partial charge in [-0.3, -0.25) is 4.79 Å². The molecule has 0 amide bonds. The minimum atomic E-state index is -0.519. The quantitative estimate of drug-likeness (QED) is 0.460. The van der Waals surface area contributed by atoms with Crippen molar-refractivity contribution in [1.82, 2.24) is 4.57 Å². The topological polar surface area (TPSA) is 48.3 Å². The molecular weight excluding hydrogens is 302 g/mol. The van der Waals surface area contributed by atoms with E-state index in [9.17, 15) is 9.59 Å². The summed E-state index contributed by atoms with van der Waals surface area (Å²) in [6.07, 6.45) is 3.03. The van der Waals surface area contributed by atoms with Crippen molar-refractivity contribution in [2.45, 2.75) is 34.2 Å². The second kappa shape index (κ2) is 7.77. The van der Waals surface area contributed by atoms with E-state index in [1.807, 2.05) is 58.0 Å². The van der Waals surface area contributed by atoms with Crippen LogP contribution in [0.2, 0.25) is 0 Å². The summed E-state index contributed by atoms with van der Waals surface area (Å²) in [5.74, 6) is -0.700. The maximum absolute atomic E-state index is 12.3. The van der Waals surface area contributed by atoms with Crippen molar-refractivity contribution in [3.05, 3.63) is 64.5 Å². The van der Waals surface area contributed by atoms with Crippen LogP contribution in [0.3, 0.4) is 0 Å². The standard InChI is InChI=1S/C20H23NO3/c1-5-21-15(3)12-18(16(21)4)19(22)13-24-20(23)10-9-17-8-6-7-14(2)11-17/h6-12H,5,13H2,1-4H3/b10-9+. The Morgan fingerprint density at radius 1 is 1.17 bits per heavy atom. The Labute approximate surface area is 142 Å². The first-order valence-corrected chi connectivity index (χ1v) is 8.03. The molecule has 126 valence electrons. The van der Waals surface area contributed by atoms with Gasteiger partial charge in [0.05, 0.1) is 0 Å². The van der Waals surface area contributed by atoms with Crippen molar-refractivity contribution in [3.63, 3.8) is 0 Å². The van der Waals surface area contributed by atoms with E-state index in [0.717, 1.165) is 29.1 Å². The van der Waals surface area contributed by atoms with Crippen LogP contribution >= 0.6 is 0 Å². The first-order valence-electron chi connectivity index (χ1n) is 8.03. The average molecular weight is 325 g/mol. The van der Waals surface area contributed by atoms with Gasteiger partial charge in [0.25, 0.3) is 0 Å². The van der Waals surface area contributed by atoms with Crippen LogP contribution in [0.25, 0.3) is 6.08 Å². The van der Waals surface area contributed by atoms with Crippen LogP contribution in [0, 0.1) is 20.8 Å². The number of ether oxygens (including phenoxy) is 1. The monoisotopic (exact) mass is 325 g/mol. The van der Waals surface area contributed by atoms with E-state index in [-0.39, 0.29) is 12.4 Å². The fourth-order valence-corrected chi connectivity index (χ4v) is 2.77. The summed E-state index contributed by atoms with van der Waals surface area (Å²) in [4.78, 5) is 24.0. The summed E-state index contributed by atoms with van der Waals surface area (Å²) in [5.41, 5.74) is 4.59. The van der Waals surface area contributed by atoms with Crippen LogP contribution in [0.1, 0.15) is 39.8 Å². The summed E-state index contributed by atoms with van der Waals surface area (Å²) in [5, 5.41) is 0. The second-order valence-corrected chi connectivity index (χ2v) is 5.81. The lowest BCUT2D eigenvalue weighted by Gasteiger charge is -2.05. The molecule has 4 nitrogen and oxygen atoms in total. The number of esters is 1. The molecule has 1 aromatic carbocycles. The molecule has 2 aromatic rings. The van der Waals surface area contributed by atoms with Gasteiger partial charge in [-0.05, 0) is 45.4 Å². The molecule has 1 aromatic heterocycles. The zero-order valence-electron chi connectivity index (χ0n) is 14.6. The van der Waals surface area contributed by atoms with Crippen LogP contribution in [0.5, 0.6) is 0 Å². The maximum atomic E-state index is 12.3. The number of hydrogen-bond acceptors (Lipinski definition) is 3. The number of nitrogens with zero attached hydrogens (tertiary/aromatic N) is 1. The highest BCUT2D eigenvalue weighted by molar-refractivity contribution is 6.00. The number of benzene rings is 1. The summed E-state index contributed by atoms with van der Waals surface area (Å²) in [7, 11) is 0. The van der Waals surface area contributed by atoms with Gasteiger partial charge < -0.3 is 9.30 Å². The van der Waals surface area contributed by atoms with Gasteiger partial charge in [0.1, 0.15) is 0 Å². The largest absolute Gasteiger partial charge is 0.454 e. The van der Waals surface area contributed by atoms with Crippen molar-refractivity contribution in [3.8, 4) is 0 Å². The third kappa shape index (κ3) is 4.22. The van der Waals surface area contributed by atoms with Gasteiger partial charge in [0.15, 0.2) is 6.61 Å². The van der Waals surface area contributed by atoms with Gasteiger partial charge in [-0.25, -0.2) is 4.79 Å². The molecule has 0 aliphatic carbocycles. The highest BCUT2D eigenvalue weighted by atomic mass is 16.5. The van der Waals surface area contributed by atoms with Crippen molar-refractivity contribution >= 4 is 17.8 Å². The van der Waals surface area contributed by atoms with E-state index in [0.29, 0.717) is 5.56 Å². The molecule has 4 heteroatoms. The zero-order valence-corrected chi connectivity index (χ0v) is 14.6. The third-order valence-corrected chi connectivity index (χ3v) is 3.99. The number of ketones is 1. The molecule has 0 radical (unpaired) electrons. The summed E-state index contributed by atoms with van der Waals surface area (Å²) in [6.45, 7) is 8.45. The molecule has 0 spiro atoms. The molecule has 0 unspecified atom stereocenters. The van der Waals surface area contributed by atoms with Crippen LogP contribution < -0.4 is 0 Å². The first kappa shape index (κ1) is 17.7. The highest BCUT2D eigenvalue weighted by Gasteiger charge is 2.16. The Hall–Kier alpha value is -2.62. The van der Waals surface area contributed by atoms with E-state index >= 15 is 0 Å². The van der Waals surface area contributed by atoms with Gasteiger partial charge in [0, 0.05) is 29.6 Å². The first-order chi connectivity index (χ1) is 11.4. The van der Waals surface area contributed by atoms with E-state index < -0.39 is 5.97 Å². The van der Waals surface area contributed by atoms with Gasteiger partial charge in [-0.2, -0.15) is 0 Å². The molecule has 0 aliphatic rings.